The Kier molecular flexibility index (Phi) is 5.86. The van der Waals surface area contributed by atoms with Crippen molar-refractivity contribution in [2.24, 2.45) is 5.41 Å². The van der Waals surface area contributed by atoms with E-state index in [-0.39, 0.29) is 36.3 Å². The summed E-state index contributed by atoms with van der Waals surface area (Å²) < 4.78 is 15.6. The van der Waals surface area contributed by atoms with E-state index in [2.05, 4.69) is 15.2 Å². The molecular weight excluding hydrogens is 459 g/mol. The number of hydrogen-bond donors (Lipinski definition) is 1. The van der Waals surface area contributed by atoms with Gasteiger partial charge >= 0.3 is 0 Å². The number of halogens is 1. The Hall–Kier alpha value is -3.13. The number of carbonyl (C=O) groups is 3. The fourth-order valence-corrected chi connectivity index (χ4v) is 6.58. The van der Waals surface area contributed by atoms with Gasteiger partial charge in [-0.1, -0.05) is 18.9 Å². The second kappa shape index (κ2) is 9.07. The van der Waals surface area contributed by atoms with Crippen molar-refractivity contribution in [3.8, 4) is 11.3 Å². The summed E-state index contributed by atoms with van der Waals surface area (Å²) in [6.07, 6.45) is 9.97. The molecule has 1 unspecified atom stereocenters. The second-order valence-electron chi connectivity index (χ2n) is 10.9. The van der Waals surface area contributed by atoms with Crippen LogP contribution < -0.4 is 5.32 Å². The maximum Gasteiger partial charge on any atom is 0.255 e. The number of piperidine rings is 2. The summed E-state index contributed by atoms with van der Waals surface area (Å²) in [6.45, 7) is 2.84. The molecule has 1 atom stereocenters. The van der Waals surface area contributed by atoms with E-state index in [9.17, 15) is 14.4 Å². The molecule has 1 spiro atoms. The normalized spacial score (nSPS) is 23.9. The molecule has 4 aliphatic rings. The number of likely N-dealkylation sites (tertiary alicyclic amines) is 1. The number of nitrogens with one attached hydrogen (secondary N) is 1. The van der Waals surface area contributed by atoms with E-state index < -0.39 is 11.9 Å². The number of imide groups is 1. The smallest absolute Gasteiger partial charge is 0.255 e. The molecule has 3 fully saturated rings. The highest BCUT2D eigenvalue weighted by molar-refractivity contribution is 6.05. The van der Waals surface area contributed by atoms with Crippen LogP contribution in [-0.2, 0) is 22.7 Å². The van der Waals surface area contributed by atoms with Crippen molar-refractivity contribution in [3.05, 3.63) is 53.0 Å². The maximum atomic E-state index is 15.6. The molecule has 7 nitrogen and oxygen atoms in total. The molecule has 36 heavy (non-hydrogen) atoms. The lowest BCUT2D eigenvalue weighted by atomic mass is 9.77. The van der Waals surface area contributed by atoms with E-state index in [1.165, 1.54) is 43.4 Å². The lowest BCUT2D eigenvalue weighted by Gasteiger charge is -2.39. The summed E-state index contributed by atoms with van der Waals surface area (Å²) in [6, 6.07) is 6.32. The molecule has 1 aromatic heterocycles. The minimum atomic E-state index is -0.669. The Bertz CT molecular complexity index is 1230. The number of nitrogens with zero attached hydrogens (tertiary/aromatic N) is 3. The zero-order valence-electron chi connectivity index (χ0n) is 20.4. The molecule has 6 rings (SSSR count). The molecule has 0 bridgehead atoms. The number of amides is 3. The van der Waals surface area contributed by atoms with Gasteiger partial charge in [0.2, 0.25) is 11.8 Å². The third kappa shape index (κ3) is 4.11. The van der Waals surface area contributed by atoms with Crippen LogP contribution in [0.1, 0.15) is 72.9 Å². The number of carbonyl (C=O) groups excluding carboxylic acids is 3. The lowest BCUT2D eigenvalue weighted by Crippen LogP contribution is -2.52. The second-order valence-corrected chi connectivity index (χ2v) is 10.9. The Morgan fingerprint density at radius 2 is 1.83 bits per heavy atom. The first kappa shape index (κ1) is 23.3. The van der Waals surface area contributed by atoms with Crippen LogP contribution in [0.3, 0.4) is 0 Å². The van der Waals surface area contributed by atoms with E-state index in [1.807, 2.05) is 0 Å². The van der Waals surface area contributed by atoms with Crippen molar-refractivity contribution in [1.29, 1.82) is 0 Å². The van der Waals surface area contributed by atoms with Crippen LogP contribution >= 0.6 is 0 Å². The van der Waals surface area contributed by atoms with Crippen LogP contribution in [0.2, 0.25) is 0 Å². The van der Waals surface area contributed by atoms with Gasteiger partial charge in [-0.25, -0.2) is 4.39 Å². The average Bonchev–Trinajstić information content (AvgIpc) is 3.46. The predicted octanol–water partition coefficient (Wildman–Crippen LogP) is 3.80. The zero-order valence-corrected chi connectivity index (χ0v) is 20.4. The summed E-state index contributed by atoms with van der Waals surface area (Å²) in [5, 5.41) is 2.32. The molecule has 3 amide bonds. The van der Waals surface area contributed by atoms with Gasteiger partial charge in [0.05, 0.1) is 0 Å². The van der Waals surface area contributed by atoms with Gasteiger partial charge in [-0.3, -0.25) is 29.6 Å². The van der Waals surface area contributed by atoms with Gasteiger partial charge in [-0.15, -0.1) is 0 Å². The van der Waals surface area contributed by atoms with Crippen molar-refractivity contribution >= 4 is 17.7 Å². The van der Waals surface area contributed by atoms with Gasteiger partial charge in [-0.05, 0) is 74.4 Å². The fourth-order valence-electron chi connectivity index (χ4n) is 6.58. The summed E-state index contributed by atoms with van der Waals surface area (Å²) in [7, 11) is 0. The fraction of sp³-hybridized carbons (Fsp3) is 0.500. The molecule has 0 radical (unpaired) electrons. The molecule has 2 aromatic rings. The highest BCUT2D eigenvalue weighted by atomic mass is 19.1. The summed E-state index contributed by atoms with van der Waals surface area (Å²) in [5.41, 5.74) is 3.33. The Balaban J connectivity index is 1.19. The van der Waals surface area contributed by atoms with Gasteiger partial charge in [0.25, 0.3) is 5.91 Å². The van der Waals surface area contributed by atoms with Crippen LogP contribution in [0.4, 0.5) is 4.39 Å². The quantitative estimate of drug-likeness (QED) is 0.660. The zero-order chi connectivity index (χ0) is 24.9. The SMILES string of the molecule is O=C1CCC(N2Cc3cc(-c4nccc(CN5CCC6(CCCC6)CC5)c4F)ccc3C2=O)C(=O)N1. The van der Waals surface area contributed by atoms with Crippen LogP contribution in [0.5, 0.6) is 0 Å². The predicted molar refractivity (Wildman–Crippen MR) is 131 cm³/mol. The Morgan fingerprint density at radius 1 is 1.06 bits per heavy atom. The molecule has 3 aliphatic heterocycles. The van der Waals surface area contributed by atoms with E-state index in [0.29, 0.717) is 35.1 Å². The standard InChI is InChI=1S/C28H31FN4O3/c29-24-19(16-32-13-10-28(11-14-32)8-1-2-9-28)7-12-30-25(24)18-3-4-21-20(15-18)17-33(27(21)36)22-5-6-23(34)31-26(22)35/h3-4,7,12,15,22H,1-2,5-6,8-11,13-14,16-17H2,(H,31,34,35). The number of benzene rings is 1. The Labute approximate surface area is 210 Å². The van der Waals surface area contributed by atoms with Crippen LogP contribution in [-0.4, -0.2) is 51.6 Å². The summed E-state index contributed by atoms with van der Waals surface area (Å²) in [4.78, 5) is 45.0. The molecule has 188 valence electrons. The molecule has 1 saturated carbocycles. The van der Waals surface area contributed by atoms with E-state index in [4.69, 9.17) is 0 Å². The maximum absolute atomic E-state index is 15.6. The van der Waals surface area contributed by atoms with Crippen LogP contribution in [0.25, 0.3) is 11.3 Å². The number of aromatic nitrogens is 1. The third-order valence-corrected chi connectivity index (χ3v) is 8.74. The first-order chi connectivity index (χ1) is 17.4. The van der Waals surface area contributed by atoms with Crippen LogP contribution in [0.15, 0.2) is 30.5 Å². The van der Waals surface area contributed by atoms with E-state index in [0.717, 1.165) is 18.7 Å². The topological polar surface area (TPSA) is 82.6 Å². The first-order valence-electron chi connectivity index (χ1n) is 13.1. The van der Waals surface area contributed by atoms with Crippen molar-refractivity contribution in [3.63, 3.8) is 0 Å². The van der Waals surface area contributed by atoms with Crippen molar-refractivity contribution in [2.75, 3.05) is 13.1 Å². The summed E-state index contributed by atoms with van der Waals surface area (Å²) >= 11 is 0. The largest absolute Gasteiger partial charge is 0.322 e. The molecule has 1 N–H and O–H groups in total. The molecule has 2 saturated heterocycles. The lowest BCUT2D eigenvalue weighted by molar-refractivity contribution is -0.136. The average molecular weight is 491 g/mol. The molecule has 4 heterocycles. The highest BCUT2D eigenvalue weighted by Gasteiger charge is 2.39. The minimum Gasteiger partial charge on any atom is -0.322 e. The minimum absolute atomic E-state index is 0.210. The van der Waals surface area contributed by atoms with Gasteiger partial charge in [0.1, 0.15) is 11.7 Å². The number of fused-ring (bicyclic) bond motifs is 1. The van der Waals surface area contributed by atoms with Gasteiger partial charge in [0, 0.05) is 42.4 Å². The third-order valence-electron chi connectivity index (χ3n) is 8.74. The van der Waals surface area contributed by atoms with Crippen molar-refractivity contribution in [1.82, 2.24) is 20.1 Å². The molecule has 1 aromatic carbocycles. The number of pyridine rings is 1. The first-order valence-corrected chi connectivity index (χ1v) is 13.1. The molecule has 8 heteroatoms. The van der Waals surface area contributed by atoms with Crippen molar-refractivity contribution in [2.45, 2.75) is 70.5 Å². The molecule has 1 aliphatic carbocycles. The van der Waals surface area contributed by atoms with Gasteiger partial charge in [0.15, 0.2) is 5.82 Å². The molecular formula is C28H31FN4O3. The van der Waals surface area contributed by atoms with E-state index in [1.54, 1.807) is 30.5 Å². The monoisotopic (exact) mass is 490 g/mol. The van der Waals surface area contributed by atoms with Gasteiger partial charge < -0.3 is 4.90 Å². The highest BCUT2D eigenvalue weighted by Crippen LogP contribution is 2.46. The van der Waals surface area contributed by atoms with Gasteiger partial charge in [-0.2, -0.15) is 0 Å². The summed E-state index contributed by atoms with van der Waals surface area (Å²) in [5.74, 6) is -1.31. The number of rotatable bonds is 4. The van der Waals surface area contributed by atoms with E-state index >= 15 is 4.39 Å². The number of hydrogen-bond acceptors (Lipinski definition) is 5. The Morgan fingerprint density at radius 3 is 2.58 bits per heavy atom. The van der Waals surface area contributed by atoms with Crippen molar-refractivity contribution < 1.29 is 18.8 Å². The van der Waals surface area contributed by atoms with Crippen LogP contribution in [0, 0.1) is 11.2 Å².